The lowest BCUT2D eigenvalue weighted by Crippen LogP contribution is -2.35. The molecule has 0 radical (unpaired) electrons. The molecule has 0 saturated carbocycles. The van der Waals surface area contributed by atoms with Crippen LogP contribution in [0.1, 0.15) is 12.5 Å². The Morgan fingerprint density at radius 1 is 1.11 bits per heavy atom. The first-order chi connectivity index (χ1) is 9.08. The van der Waals surface area contributed by atoms with Crippen LogP contribution in [-0.4, -0.2) is 24.4 Å². The number of nitrogens with one attached hydrogen (secondary N) is 1. The maximum absolute atomic E-state index is 12.0. The summed E-state index contributed by atoms with van der Waals surface area (Å²) in [5.41, 5.74) is 1.08. The average molecular weight is 277 g/mol. The lowest BCUT2D eigenvalue weighted by molar-refractivity contribution is 0.551. The van der Waals surface area contributed by atoms with Gasteiger partial charge in [0.15, 0.2) is 0 Å². The van der Waals surface area contributed by atoms with Crippen molar-refractivity contribution in [1.82, 2.24) is 14.7 Å². The van der Waals surface area contributed by atoms with Crippen molar-refractivity contribution >= 4 is 10.0 Å². The monoisotopic (exact) mass is 277 g/mol. The highest BCUT2D eigenvalue weighted by Crippen LogP contribution is 2.06. The standard InChI is InChI=1S/C13H15N3O2S/c1-11(10-12-6-3-2-4-7-12)16-19(17,18)13-14-8-5-9-15-13/h2-9,11,16H,10H2,1H3. The number of aromatic nitrogens is 2. The Balaban J connectivity index is 2.05. The molecule has 0 spiro atoms. The van der Waals surface area contributed by atoms with Gasteiger partial charge in [0.1, 0.15) is 0 Å². The lowest BCUT2D eigenvalue weighted by Gasteiger charge is -2.13. The van der Waals surface area contributed by atoms with Crippen molar-refractivity contribution in [1.29, 1.82) is 0 Å². The molecule has 0 amide bonds. The van der Waals surface area contributed by atoms with Crippen LogP contribution in [0.3, 0.4) is 0 Å². The fraction of sp³-hybridized carbons (Fsp3) is 0.231. The van der Waals surface area contributed by atoms with Crippen LogP contribution in [0.5, 0.6) is 0 Å². The van der Waals surface area contributed by atoms with Crippen LogP contribution >= 0.6 is 0 Å². The maximum Gasteiger partial charge on any atom is 0.276 e. The summed E-state index contributed by atoms with van der Waals surface area (Å²) < 4.78 is 26.6. The van der Waals surface area contributed by atoms with Crippen molar-refractivity contribution in [3.05, 3.63) is 54.4 Å². The Morgan fingerprint density at radius 2 is 1.74 bits per heavy atom. The summed E-state index contributed by atoms with van der Waals surface area (Å²) in [6.45, 7) is 1.81. The van der Waals surface area contributed by atoms with Crippen molar-refractivity contribution in [2.24, 2.45) is 0 Å². The highest BCUT2D eigenvalue weighted by Gasteiger charge is 2.19. The van der Waals surface area contributed by atoms with E-state index in [4.69, 9.17) is 0 Å². The van der Waals surface area contributed by atoms with E-state index >= 15 is 0 Å². The predicted octanol–water partition coefficient (Wildman–Crippen LogP) is 1.39. The molecule has 0 aliphatic heterocycles. The summed E-state index contributed by atoms with van der Waals surface area (Å²) in [7, 11) is -3.65. The number of rotatable bonds is 5. The van der Waals surface area contributed by atoms with Gasteiger partial charge in [0.25, 0.3) is 15.2 Å². The summed E-state index contributed by atoms with van der Waals surface area (Å²) in [6, 6.07) is 11.1. The zero-order chi connectivity index (χ0) is 13.7. The van der Waals surface area contributed by atoms with Crippen LogP contribution in [0.4, 0.5) is 0 Å². The van der Waals surface area contributed by atoms with Crippen LogP contribution in [-0.2, 0) is 16.4 Å². The summed E-state index contributed by atoms with van der Waals surface area (Å²) in [5, 5.41) is -0.199. The van der Waals surface area contributed by atoms with Crippen molar-refractivity contribution in [3.8, 4) is 0 Å². The summed E-state index contributed by atoms with van der Waals surface area (Å²) in [4.78, 5) is 7.50. The molecule has 1 unspecified atom stereocenters. The molecule has 0 aliphatic carbocycles. The number of benzene rings is 1. The second-order valence-electron chi connectivity index (χ2n) is 4.24. The maximum atomic E-state index is 12.0. The molecule has 0 saturated heterocycles. The molecule has 100 valence electrons. The molecule has 1 N–H and O–H groups in total. The quantitative estimate of drug-likeness (QED) is 0.838. The summed E-state index contributed by atoms with van der Waals surface area (Å²) >= 11 is 0. The van der Waals surface area contributed by atoms with Gasteiger partial charge in [0.2, 0.25) is 0 Å². The molecule has 1 aromatic heterocycles. The fourth-order valence-electron chi connectivity index (χ4n) is 1.75. The first kappa shape index (κ1) is 13.6. The normalized spacial score (nSPS) is 13.1. The van der Waals surface area contributed by atoms with Crippen molar-refractivity contribution in [2.45, 2.75) is 24.5 Å². The van der Waals surface area contributed by atoms with E-state index in [1.54, 1.807) is 6.07 Å². The van der Waals surface area contributed by atoms with E-state index in [0.29, 0.717) is 6.42 Å². The Bertz CT molecular complexity index is 615. The van der Waals surface area contributed by atoms with Gasteiger partial charge in [0.05, 0.1) is 0 Å². The van der Waals surface area contributed by atoms with Crippen LogP contribution in [0.25, 0.3) is 0 Å². The van der Waals surface area contributed by atoms with Crippen molar-refractivity contribution in [2.75, 3.05) is 0 Å². The smallest absolute Gasteiger partial charge is 0.226 e. The zero-order valence-electron chi connectivity index (χ0n) is 10.5. The highest BCUT2D eigenvalue weighted by molar-refractivity contribution is 7.89. The Hall–Kier alpha value is -1.79. The molecule has 2 rings (SSSR count). The van der Waals surface area contributed by atoms with E-state index in [1.165, 1.54) is 12.4 Å². The van der Waals surface area contributed by atoms with Crippen LogP contribution in [0, 0.1) is 0 Å². The van der Waals surface area contributed by atoms with E-state index in [2.05, 4.69) is 14.7 Å². The predicted molar refractivity (Wildman–Crippen MR) is 72.0 cm³/mol. The Morgan fingerprint density at radius 3 is 2.37 bits per heavy atom. The van der Waals surface area contributed by atoms with E-state index in [9.17, 15) is 8.42 Å². The van der Waals surface area contributed by atoms with Crippen molar-refractivity contribution in [3.63, 3.8) is 0 Å². The highest BCUT2D eigenvalue weighted by atomic mass is 32.2. The van der Waals surface area contributed by atoms with Gasteiger partial charge >= 0.3 is 0 Å². The minimum Gasteiger partial charge on any atom is -0.226 e. The lowest BCUT2D eigenvalue weighted by atomic mass is 10.1. The van der Waals surface area contributed by atoms with Crippen molar-refractivity contribution < 1.29 is 8.42 Å². The third-order valence-electron chi connectivity index (χ3n) is 2.52. The molecule has 0 aliphatic rings. The average Bonchev–Trinajstić information content (AvgIpc) is 2.40. The van der Waals surface area contributed by atoms with Gasteiger partial charge in [-0.05, 0) is 25.0 Å². The molecule has 6 heteroatoms. The molecule has 0 bridgehead atoms. The second-order valence-corrected chi connectivity index (χ2v) is 5.85. The molecule has 0 fully saturated rings. The molecular formula is C13H15N3O2S. The second kappa shape index (κ2) is 5.90. The van der Waals surface area contributed by atoms with Gasteiger partial charge < -0.3 is 0 Å². The minimum atomic E-state index is -3.65. The van der Waals surface area contributed by atoms with E-state index < -0.39 is 10.0 Å². The largest absolute Gasteiger partial charge is 0.276 e. The van der Waals surface area contributed by atoms with Gasteiger partial charge in [-0.2, -0.15) is 0 Å². The molecule has 19 heavy (non-hydrogen) atoms. The number of hydrogen-bond donors (Lipinski definition) is 1. The van der Waals surface area contributed by atoms with E-state index in [-0.39, 0.29) is 11.2 Å². The Labute approximate surface area is 112 Å². The SMILES string of the molecule is CC(Cc1ccccc1)NS(=O)(=O)c1ncccn1. The molecule has 1 heterocycles. The van der Waals surface area contributed by atoms with E-state index in [1.807, 2.05) is 37.3 Å². The van der Waals surface area contributed by atoms with E-state index in [0.717, 1.165) is 5.56 Å². The summed E-state index contributed by atoms with van der Waals surface area (Å²) in [6.07, 6.45) is 3.43. The van der Waals surface area contributed by atoms with Gasteiger partial charge in [-0.15, -0.1) is 0 Å². The Kier molecular flexibility index (Phi) is 4.24. The van der Waals surface area contributed by atoms with Gasteiger partial charge in [-0.1, -0.05) is 30.3 Å². The molecular weight excluding hydrogens is 262 g/mol. The zero-order valence-corrected chi connectivity index (χ0v) is 11.3. The minimum absolute atomic E-state index is 0.199. The van der Waals surface area contributed by atoms with Gasteiger partial charge in [-0.25, -0.2) is 23.1 Å². The number of nitrogens with zero attached hydrogens (tertiary/aromatic N) is 2. The van der Waals surface area contributed by atoms with Crippen LogP contribution in [0.2, 0.25) is 0 Å². The van der Waals surface area contributed by atoms with Gasteiger partial charge in [-0.3, -0.25) is 0 Å². The fourth-order valence-corrected chi connectivity index (χ4v) is 2.87. The third kappa shape index (κ3) is 3.84. The van der Waals surface area contributed by atoms with Crippen LogP contribution < -0.4 is 4.72 Å². The summed E-state index contributed by atoms with van der Waals surface area (Å²) in [5.74, 6) is 0. The number of sulfonamides is 1. The number of hydrogen-bond acceptors (Lipinski definition) is 4. The topological polar surface area (TPSA) is 72.0 Å². The molecule has 5 nitrogen and oxygen atoms in total. The molecule has 1 aromatic carbocycles. The molecule has 1 atom stereocenters. The van der Waals surface area contributed by atoms with Crippen LogP contribution in [0.15, 0.2) is 53.9 Å². The third-order valence-corrected chi connectivity index (χ3v) is 3.93. The first-order valence-corrected chi connectivity index (χ1v) is 7.39. The first-order valence-electron chi connectivity index (χ1n) is 5.91. The molecule has 2 aromatic rings. The van der Waals surface area contributed by atoms with Gasteiger partial charge in [0, 0.05) is 18.4 Å².